The molecule has 1 atom stereocenters. The first-order chi connectivity index (χ1) is 18.5. The van der Waals surface area contributed by atoms with Gasteiger partial charge in [0.25, 0.3) is 0 Å². The third-order valence-electron chi connectivity index (χ3n) is 5.74. The van der Waals surface area contributed by atoms with Gasteiger partial charge in [-0.3, -0.25) is 5.32 Å². The van der Waals surface area contributed by atoms with Crippen molar-refractivity contribution in [3.05, 3.63) is 84.6 Å². The first-order valence-electron chi connectivity index (χ1n) is 12.2. The standard InChI is InChI=1S/C28H31N5O5/c1-37-28(36)33-22-11-9-21(10-12-22)32-27(35)31-20-7-5-19(6-8-20)13-15-29-17-23(34)18-38-26-4-2-3-25-24(26)14-16-30-25/h2-12,14,16,23,29-30,34H,13,15,17-18H2,1H3,(H,33,36)(H2,31,32,35)/t23-/m0/s1. The number of ether oxygens (including phenoxy) is 2. The molecular weight excluding hydrogens is 486 g/mol. The van der Waals surface area contributed by atoms with Crippen LogP contribution < -0.4 is 26.0 Å². The summed E-state index contributed by atoms with van der Waals surface area (Å²) in [6, 6.07) is 21.6. The molecule has 3 aromatic carbocycles. The van der Waals surface area contributed by atoms with Crippen LogP contribution in [0.3, 0.4) is 0 Å². The SMILES string of the molecule is COC(=O)Nc1ccc(NC(=O)Nc2ccc(CCNC[C@H](O)COc3cccc4[nH]ccc34)cc2)cc1. The number of aromatic amines is 1. The third-order valence-corrected chi connectivity index (χ3v) is 5.74. The number of amides is 3. The summed E-state index contributed by atoms with van der Waals surface area (Å²) in [5, 5.41) is 22.6. The molecule has 1 aromatic heterocycles. The van der Waals surface area contributed by atoms with E-state index in [4.69, 9.17) is 4.74 Å². The van der Waals surface area contributed by atoms with Crippen LogP contribution in [0.2, 0.25) is 0 Å². The Balaban J connectivity index is 1.13. The fourth-order valence-corrected chi connectivity index (χ4v) is 3.78. The van der Waals surface area contributed by atoms with Crippen LogP contribution in [-0.4, -0.2) is 55.1 Å². The topological polar surface area (TPSA) is 137 Å². The van der Waals surface area contributed by atoms with Crippen molar-refractivity contribution < 1.29 is 24.2 Å². The normalized spacial score (nSPS) is 11.5. The fourth-order valence-electron chi connectivity index (χ4n) is 3.78. The zero-order valence-corrected chi connectivity index (χ0v) is 21.0. The van der Waals surface area contributed by atoms with Crippen molar-refractivity contribution in [1.29, 1.82) is 0 Å². The third kappa shape index (κ3) is 7.73. The van der Waals surface area contributed by atoms with Crippen molar-refractivity contribution in [3.63, 3.8) is 0 Å². The minimum absolute atomic E-state index is 0.203. The maximum atomic E-state index is 12.3. The Kier molecular flexibility index (Phi) is 9.17. The Hall–Kier alpha value is -4.54. The number of hydrogen-bond donors (Lipinski definition) is 6. The first-order valence-corrected chi connectivity index (χ1v) is 12.2. The second-order valence-electron chi connectivity index (χ2n) is 8.58. The lowest BCUT2D eigenvalue weighted by Crippen LogP contribution is -2.32. The van der Waals surface area contributed by atoms with Gasteiger partial charge < -0.3 is 35.5 Å². The number of fused-ring (bicyclic) bond motifs is 1. The summed E-state index contributed by atoms with van der Waals surface area (Å²) in [7, 11) is 1.29. The highest BCUT2D eigenvalue weighted by Gasteiger charge is 2.08. The number of carbonyl (C=O) groups is 2. The number of carbonyl (C=O) groups excluding carboxylic acids is 2. The van der Waals surface area contributed by atoms with Crippen molar-refractivity contribution >= 4 is 40.1 Å². The van der Waals surface area contributed by atoms with Crippen LogP contribution in [0.25, 0.3) is 10.9 Å². The molecule has 0 fully saturated rings. The van der Waals surface area contributed by atoms with E-state index in [9.17, 15) is 14.7 Å². The summed E-state index contributed by atoms with van der Waals surface area (Å²) >= 11 is 0. The second kappa shape index (κ2) is 13.1. The van der Waals surface area contributed by atoms with Crippen molar-refractivity contribution in [2.45, 2.75) is 12.5 Å². The molecule has 38 heavy (non-hydrogen) atoms. The molecule has 0 unspecified atom stereocenters. The number of rotatable bonds is 11. The summed E-state index contributed by atoms with van der Waals surface area (Å²) in [4.78, 5) is 26.7. The van der Waals surface area contributed by atoms with Crippen molar-refractivity contribution in [1.82, 2.24) is 10.3 Å². The van der Waals surface area contributed by atoms with E-state index in [1.165, 1.54) is 7.11 Å². The monoisotopic (exact) mass is 517 g/mol. The smallest absolute Gasteiger partial charge is 0.411 e. The summed E-state index contributed by atoms with van der Waals surface area (Å²) in [6.45, 7) is 1.31. The van der Waals surface area contributed by atoms with Gasteiger partial charge in [-0.1, -0.05) is 18.2 Å². The van der Waals surface area contributed by atoms with Gasteiger partial charge in [0.2, 0.25) is 0 Å². The lowest BCUT2D eigenvalue weighted by atomic mass is 10.1. The minimum atomic E-state index is -0.630. The molecular formula is C28H31N5O5. The number of anilines is 3. The van der Waals surface area contributed by atoms with Crippen LogP contribution in [0.1, 0.15) is 5.56 Å². The number of aromatic nitrogens is 1. The first kappa shape index (κ1) is 26.5. The average molecular weight is 518 g/mol. The number of H-pyrrole nitrogens is 1. The number of aliphatic hydroxyl groups excluding tert-OH is 1. The number of methoxy groups -OCH3 is 1. The molecule has 1 heterocycles. The van der Waals surface area contributed by atoms with Gasteiger partial charge in [-0.2, -0.15) is 0 Å². The molecule has 3 amide bonds. The van der Waals surface area contributed by atoms with E-state index in [0.29, 0.717) is 30.2 Å². The van der Waals surface area contributed by atoms with Gasteiger partial charge >= 0.3 is 12.1 Å². The Labute approximate surface area is 220 Å². The van der Waals surface area contributed by atoms with Crippen molar-refractivity contribution in [2.24, 2.45) is 0 Å². The Morgan fingerprint density at radius 3 is 2.24 bits per heavy atom. The number of urea groups is 1. The number of hydrogen-bond acceptors (Lipinski definition) is 6. The van der Waals surface area contributed by atoms with Crippen LogP contribution in [0.15, 0.2) is 79.0 Å². The van der Waals surface area contributed by atoms with E-state index in [1.807, 2.05) is 54.7 Å². The maximum absolute atomic E-state index is 12.3. The molecule has 6 N–H and O–H groups in total. The molecule has 10 nitrogen and oxygen atoms in total. The molecule has 0 saturated carbocycles. The van der Waals surface area contributed by atoms with E-state index >= 15 is 0 Å². The molecule has 0 radical (unpaired) electrons. The highest BCUT2D eigenvalue weighted by atomic mass is 16.5. The molecule has 4 rings (SSSR count). The number of benzene rings is 3. The van der Waals surface area contributed by atoms with Gasteiger partial charge in [-0.05, 0) is 73.1 Å². The van der Waals surface area contributed by atoms with Crippen LogP contribution >= 0.6 is 0 Å². The van der Waals surface area contributed by atoms with Crippen LogP contribution in [0, 0.1) is 0 Å². The quantitative estimate of drug-likeness (QED) is 0.161. The lowest BCUT2D eigenvalue weighted by Gasteiger charge is -2.14. The van der Waals surface area contributed by atoms with E-state index in [0.717, 1.165) is 28.6 Å². The summed E-state index contributed by atoms with van der Waals surface area (Å²) in [5.74, 6) is 0.746. The highest BCUT2D eigenvalue weighted by molar-refractivity contribution is 6.00. The number of aliphatic hydroxyl groups is 1. The predicted molar refractivity (Wildman–Crippen MR) is 148 cm³/mol. The molecule has 0 aliphatic carbocycles. The van der Waals surface area contributed by atoms with Gasteiger partial charge in [0.05, 0.1) is 7.11 Å². The van der Waals surface area contributed by atoms with E-state index in [2.05, 4.69) is 31.0 Å². The van der Waals surface area contributed by atoms with Crippen molar-refractivity contribution in [3.8, 4) is 5.75 Å². The van der Waals surface area contributed by atoms with Crippen LogP contribution in [-0.2, 0) is 11.2 Å². The average Bonchev–Trinajstić information content (AvgIpc) is 3.41. The summed E-state index contributed by atoms with van der Waals surface area (Å²) in [6.07, 6.45) is 1.44. The van der Waals surface area contributed by atoms with E-state index in [1.54, 1.807) is 24.3 Å². The van der Waals surface area contributed by atoms with Crippen LogP contribution in [0.4, 0.5) is 26.7 Å². The molecule has 0 spiro atoms. The Morgan fingerprint density at radius 2 is 1.55 bits per heavy atom. The minimum Gasteiger partial charge on any atom is -0.490 e. The van der Waals surface area contributed by atoms with Gasteiger partial charge in [0.15, 0.2) is 0 Å². The van der Waals surface area contributed by atoms with E-state index in [-0.39, 0.29) is 12.6 Å². The molecule has 10 heteroatoms. The Bertz CT molecular complexity index is 1340. The van der Waals surface area contributed by atoms with Crippen LogP contribution in [0.5, 0.6) is 5.75 Å². The number of nitrogens with one attached hydrogen (secondary N) is 5. The molecule has 0 saturated heterocycles. The van der Waals surface area contributed by atoms with E-state index < -0.39 is 12.2 Å². The molecule has 4 aromatic rings. The lowest BCUT2D eigenvalue weighted by molar-refractivity contribution is 0.107. The molecule has 0 bridgehead atoms. The zero-order chi connectivity index (χ0) is 26.7. The predicted octanol–water partition coefficient (Wildman–Crippen LogP) is 4.56. The summed E-state index contributed by atoms with van der Waals surface area (Å²) < 4.78 is 10.3. The van der Waals surface area contributed by atoms with Gasteiger partial charge in [0, 0.05) is 40.7 Å². The van der Waals surface area contributed by atoms with Gasteiger partial charge in [0.1, 0.15) is 18.5 Å². The largest absolute Gasteiger partial charge is 0.490 e. The van der Waals surface area contributed by atoms with Crippen molar-refractivity contribution in [2.75, 3.05) is 42.8 Å². The maximum Gasteiger partial charge on any atom is 0.411 e. The van der Waals surface area contributed by atoms with Gasteiger partial charge in [-0.15, -0.1) is 0 Å². The second-order valence-corrected chi connectivity index (χ2v) is 8.58. The summed E-state index contributed by atoms with van der Waals surface area (Å²) in [5.41, 5.74) is 3.89. The molecule has 0 aliphatic heterocycles. The zero-order valence-electron chi connectivity index (χ0n) is 21.0. The van der Waals surface area contributed by atoms with Gasteiger partial charge in [-0.25, -0.2) is 9.59 Å². The fraction of sp³-hybridized carbons (Fsp3) is 0.214. The molecule has 198 valence electrons. The molecule has 0 aliphatic rings. The highest BCUT2D eigenvalue weighted by Crippen LogP contribution is 2.24. The Morgan fingerprint density at radius 1 is 0.895 bits per heavy atom.